The summed E-state index contributed by atoms with van der Waals surface area (Å²) in [5, 5.41) is 6.03. The number of methoxy groups -OCH3 is 1. The lowest BCUT2D eigenvalue weighted by Gasteiger charge is -2.20. The first kappa shape index (κ1) is 55.3. The molecule has 0 radical (unpaired) electrons. The van der Waals surface area contributed by atoms with Crippen LogP contribution in [0.1, 0.15) is 103 Å². The minimum Gasteiger partial charge on any atom is -0.497 e. The maximum atomic E-state index is 13.0. The highest BCUT2D eigenvalue weighted by atomic mass is 32.2. The van der Waals surface area contributed by atoms with Crippen LogP contribution in [0.15, 0.2) is 131 Å². The van der Waals surface area contributed by atoms with Gasteiger partial charge in [-0.2, -0.15) is 0 Å². The van der Waals surface area contributed by atoms with E-state index in [1.165, 1.54) is 10.5 Å². The van der Waals surface area contributed by atoms with Crippen molar-refractivity contribution in [3.8, 4) is 11.5 Å². The SMILES string of the molecule is C=C1NC(=O)CCC1C.CC=C(C)c1ccc(OCCNCCOCCOCCOC(/C=C\C(=C/C)\C=C\C=C\C(=C\C)Sc2cc(OC)ccc2C)=C/CC)cc1C(=O)C(C)CC. The zero-order valence-corrected chi connectivity index (χ0v) is 41.2. The number of Topliss-reactive ketones (excluding diaryl/α,β-unsaturated/α-hetero) is 1. The minimum atomic E-state index is -0.0266. The Labute approximate surface area is 389 Å². The van der Waals surface area contributed by atoms with Crippen LogP contribution in [0.2, 0.25) is 0 Å². The van der Waals surface area contributed by atoms with E-state index in [0.717, 1.165) is 63.6 Å². The summed E-state index contributed by atoms with van der Waals surface area (Å²) >= 11 is 1.73. The van der Waals surface area contributed by atoms with Gasteiger partial charge in [0, 0.05) is 46.5 Å². The monoisotopic (exact) mass is 897 g/mol. The van der Waals surface area contributed by atoms with Crippen LogP contribution in [0.25, 0.3) is 5.57 Å². The van der Waals surface area contributed by atoms with Crippen LogP contribution in [-0.4, -0.2) is 71.5 Å². The highest BCUT2D eigenvalue weighted by Crippen LogP contribution is 2.33. The molecule has 2 unspecified atom stereocenters. The molecular weight excluding hydrogens is 821 g/mol. The van der Waals surface area contributed by atoms with Gasteiger partial charge in [-0.1, -0.05) is 101 Å². The number of thioether (sulfide) groups is 1. The molecule has 2 atom stereocenters. The second kappa shape index (κ2) is 32.7. The van der Waals surface area contributed by atoms with E-state index in [1.807, 2.05) is 71.0 Å². The Morgan fingerprint density at radius 3 is 2.25 bits per heavy atom. The fraction of sp³-hybridized carbons (Fsp3) is 0.444. The quantitative estimate of drug-likeness (QED) is 0.0298. The number of aryl methyl sites for hydroxylation is 1. The predicted molar refractivity (Wildman–Crippen MR) is 268 cm³/mol. The van der Waals surface area contributed by atoms with Crippen molar-refractivity contribution in [1.82, 2.24) is 10.6 Å². The fourth-order valence-corrected chi connectivity index (χ4v) is 6.88. The van der Waals surface area contributed by atoms with Gasteiger partial charge in [-0.05, 0) is 125 Å². The number of carbonyl (C=O) groups excluding carboxylic acids is 2. The molecule has 1 heterocycles. The summed E-state index contributed by atoms with van der Waals surface area (Å²) in [4.78, 5) is 26.0. The first-order chi connectivity index (χ1) is 30.9. The number of carbonyl (C=O) groups is 2. The van der Waals surface area contributed by atoms with Crippen LogP contribution in [0, 0.1) is 18.8 Å². The third-order valence-corrected chi connectivity index (χ3v) is 11.7. The molecule has 2 aromatic rings. The van der Waals surface area contributed by atoms with E-state index in [2.05, 4.69) is 106 Å². The van der Waals surface area contributed by atoms with E-state index >= 15 is 0 Å². The molecule has 64 heavy (non-hydrogen) atoms. The lowest BCUT2D eigenvalue weighted by atomic mass is 9.90. The number of amides is 1. The number of hydrogen-bond donors (Lipinski definition) is 2. The average Bonchev–Trinajstić information content (AvgIpc) is 3.30. The minimum absolute atomic E-state index is 0.0266. The summed E-state index contributed by atoms with van der Waals surface area (Å²) in [6.07, 6.45) is 23.9. The van der Waals surface area contributed by atoms with Gasteiger partial charge in [0.1, 0.15) is 30.5 Å². The molecule has 0 bridgehead atoms. The number of allylic oxidation sites excluding steroid dienone is 13. The van der Waals surface area contributed by atoms with Crippen molar-refractivity contribution in [1.29, 1.82) is 0 Å². The zero-order chi connectivity index (χ0) is 47.1. The van der Waals surface area contributed by atoms with Gasteiger partial charge in [-0.15, -0.1) is 0 Å². The molecule has 2 aromatic carbocycles. The average molecular weight is 897 g/mol. The number of ether oxygens (including phenoxy) is 5. The van der Waals surface area contributed by atoms with Crippen LogP contribution in [0.5, 0.6) is 11.5 Å². The van der Waals surface area contributed by atoms with Crippen molar-refractivity contribution >= 4 is 29.0 Å². The fourth-order valence-electron chi connectivity index (χ4n) is 5.96. The molecule has 1 aliphatic rings. The van der Waals surface area contributed by atoms with Gasteiger partial charge in [0.2, 0.25) is 5.91 Å². The highest BCUT2D eigenvalue weighted by Gasteiger charge is 2.19. The molecule has 1 aliphatic heterocycles. The maximum Gasteiger partial charge on any atom is 0.224 e. The van der Waals surface area contributed by atoms with Crippen LogP contribution in [-0.2, 0) is 19.0 Å². The van der Waals surface area contributed by atoms with E-state index < -0.39 is 0 Å². The summed E-state index contributed by atoms with van der Waals surface area (Å²) < 4.78 is 28.8. The number of benzene rings is 2. The summed E-state index contributed by atoms with van der Waals surface area (Å²) in [5.74, 6) is 3.09. The molecule has 2 N–H and O–H groups in total. The first-order valence-electron chi connectivity index (χ1n) is 22.7. The molecule has 3 rings (SSSR count). The third-order valence-electron chi connectivity index (χ3n) is 10.5. The Morgan fingerprint density at radius 2 is 1.59 bits per heavy atom. The lowest BCUT2D eigenvalue weighted by molar-refractivity contribution is -0.121. The van der Waals surface area contributed by atoms with Crippen LogP contribution >= 0.6 is 11.8 Å². The Morgan fingerprint density at radius 1 is 0.891 bits per heavy atom. The lowest BCUT2D eigenvalue weighted by Crippen LogP contribution is -2.30. The molecule has 350 valence electrons. The molecule has 1 saturated heterocycles. The molecule has 0 aromatic heterocycles. The third kappa shape index (κ3) is 21.7. The Hall–Kier alpha value is -4.87. The topological polar surface area (TPSA) is 104 Å². The van der Waals surface area contributed by atoms with Gasteiger partial charge in [-0.3, -0.25) is 9.59 Å². The molecule has 1 amide bonds. The summed E-state index contributed by atoms with van der Waals surface area (Å²) in [5.41, 5.74) is 5.96. The van der Waals surface area contributed by atoms with Gasteiger partial charge in [0.15, 0.2) is 5.78 Å². The van der Waals surface area contributed by atoms with Gasteiger partial charge >= 0.3 is 0 Å². The van der Waals surface area contributed by atoms with Crippen molar-refractivity contribution in [2.75, 3.05) is 59.8 Å². The van der Waals surface area contributed by atoms with Gasteiger partial charge in [-0.25, -0.2) is 0 Å². The zero-order valence-electron chi connectivity index (χ0n) is 40.4. The molecule has 1 fully saturated rings. The van der Waals surface area contributed by atoms with Crippen molar-refractivity contribution in [2.24, 2.45) is 11.8 Å². The maximum absolute atomic E-state index is 13.0. The molecule has 0 saturated carbocycles. The van der Waals surface area contributed by atoms with Crippen LogP contribution < -0.4 is 20.1 Å². The first-order valence-corrected chi connectivity index (χ1v) is 23.5. The number of piperidine rings is 1. The highest BCUT2D eigenvalue weighted by molar-refractivity contribution is 8.03. The standard InChI is InChI=1S/C47H65NO6S.C7H11NO/c1-10-17-40(23-21-39(13-4)18-15-16-19-43(14-5)55-46-35-41(50-9)22-20-38(46)8)54-33-32-52-31-30-51-28-26-48-27-29-53-42-24-25-44(36(6)11-2)45(34-42)47(49)37(7)12-3;1-5-3-4-7(9)8-6(5)2/h11,13-25,34-35,37,48H,10,12,26-33H2,1-9H3;5H,2-4H2,1H3,(H,8,9)/b18-15+,19-16+,23-21-,36-11?,39-13-,40-17+,43-14-;. The largest absolute Gasteiger partial charge is 0.497 e. The second-order valence-electron chi connectivity index (χ2n) is 15.3. The normalized spacial score (nSPS) is 15.7. The van der Waals surface area contributed by atoms with E-state index in [1.54, 1.807) is 18.9 Å². The Kier molecular flexibility index (Phi) is 28.3. The van der Waals surface area contributed by atoms with Crippen LogP contribution in [0.4, 0.5) is 0 Å². The van der Waals surface area contributed by atoms with Crippen molar-refractivity contribution in [3.05, 3.63) is 142 Å². The summed E-state index contributed by atoms with van der Waals surface area (Å²) in [7, 11) is 1.69. The smallest absolute Gasteiger partial charge is 0.224 e. The van der Waals surface area contributed by atoms with Gasteiger partial charge in [0.05, 0.1) is 33.5 Å². The number of hydrogen-bond acceptors (Lipinski definition) is 9. The predicted octanol–water partition coefficient (Wildman–Crippen LogP) is 12.3. The van der Waals surface area contributed by atoms with Crippen molar-refractivity contribution in [3.63, 3.8) is 0 Å². The van der Waals surface area contributed by atoms with Crippen LogP contribution in [0.3, 0.4) is 0 Å². The van der Waals surface area contributed by atoms with Crippen molar-refractivity contribution < 1.29 is 33.3 Å². The number of ketones is 1. The van der Waals surface area contributed by atoms with E-state index in [0.29, 0.717) is 70.8 Å². The summed E-state index contributed by atoms with van der Waals surface area (Å²) in [6.45, 7) is 26.5. The van der Waals surface area contributed by atoms with Gasteiger partial charge < -0.3 is 34.3 Å². The molecule has 0 aliphatic carbocycles. The van der Waals surface area contributed by atoms with Gasteiger partial charge in [0.25, 0.3) is 0 Å². The molecular formula is C54H76N2O7S. The molecule has 10 heteroatoms. The number of nitrogens with one attached hydrogen (secondary N) is 2. The number of rotatable bonds is 27. The second-order valence-corrected chi connectivity index (χ2v) is 16.4. The Bertz CT molecular complexity index is 1970. The Balaban J connectivity index is 0.00000138. The van der Waals surface area contributed by atoms with E-state index in [9.17, 15) is 9.59 Å². The summed E-state index contributed by atoms with van der Waals surface area (Å²) in [6, 6.07) is 12.0. The molecule has 9 nitrogen and oxygen atoms in total. The van der Waals surface area contributed by atoms with Crippen molar-refractivity contribution in [2.45, 2.75) is 92.9 Å². The van der Waals surface area contributed by atoms with E-state index in [4.69, 9.17) is 23.7 Å². The molecule has 0 spiro atoms. The van der Waals surface area contributed by atoms with E-state index in [-0.39, 0.29) is 17.6 Å².